The maximum absolute atomic E-state index is 6.44. The third kappa shape index (κ3) is 4.00. The van der Waals surface area contributed by atoms with E-state index in [9.17, 15) is 0 Å². The van der Waals surface area contributed by atoms with Crippen molar-refractivity contribution in [3.8, 4) is 16.8 Å². The summed E-state index contributed by atoms with van der Waals surface area (Å²) in [7, 11) is 0. The first-order valence-electron chi connectivity index (χ1n) is 14.6. The lowest BCUT2D eigenvalue weighted by atomic mass is 9.85. The molecule has 7 rings (SSSR count). The van der Waals surface area contributed by atoms with Gasteiger partial charge < -0.3 is 8.98 Å². The normalized spacial score (nSPS) is 12.8. The first-order chi connectivity index (χ1) is 19.5. The Labute approximate surface area is 242 Å². The van der Waals surface area contributed by atoms with Crippen molar-refractivity contribution in [1.82, 2.24) is 4.57 Å². The second-order valence-corrected chi connectivity index (χ2v) is 13.5. The van der Waals surface area contributed by atoms with Crippen LogP contribution in [-0.2, 0) is 10.8 Å². The molecule has 0 fully saturated rings. The van der Waals surface area contributed by atoms with Crippen molar-refractivity contribution >= 4 is 43.7 Å². The smallest absolute Gasteiger partial charge is 0.136 e. The van der Waals surface area contributed by atoms with E-state index in [1.54, 1.807) is 0 Å². The molecular formula is C39H37NO. The van der Waals surface area contributed by atoms with Crippen LogP contribution in [0.25, 0.3) is 60.6 Å². The van der Waals surface area contributed by atoms with Gasteiger partial charge in [0.25, 0.3) is 0 Å². The highest BCUT2D eigenvalue weighted by molar-refractivity contribution is 6.15. The van der Waals surface area contributed by atoms with E-state index in [0.717, 1.165) is 11.2 Å². The molecule has 0 aliphatic rings. The number of furan rings is 1. The highest BCUT2D eigenvalue weighted by Crippen LogP contribution is 2.42. The Morgan fingerprint density at radius 3 is 1.73 bits per heavy atom. The molecule has 0 amide bonds. The number of hydrogen-bond donors (Lipinski definition) is 0. The van der Waals surface area contributed by atoms with Crippen LogP contribution in [-0.4, -0.2) is 4.57 Å². The van der Waals surface area contributed by atoms with Crippen molar-refractivity contribution in [1.29, 1.82) is 0 Å². The van der Waals surface area contributed by atoms with Gasteiger partial charge in [-0.2, -0.15) is 0 Å². The number of nitrogens with zero attached hydrogens (tertiary/aromatic N) is 1. The van der Waals surface area contributed by atoms with Crippen LogP contribution in [0.1, 0.15) is 58.2 Å². The van der Waals surface area contributed by atoms with E-state index in [-0.39, 0.29) is 10.8 Å². The van der Waals surface area contributed by atoms with E-state index in [2.05, 4.69) is 150 Å². The summed E-state index contributed by atoms with van der Waals surface area (Å²) in [4.78, 5) is 0. The third-order valence-corrected chi connectivity index (χ3v) is 8.72. The summed E-state index contributed by atoms with van der Waals surface area (Å²) in [6.45, 7) is 16.0. The van der Waals surface area contributed by atoms with Crippen LogP contribution in [0.5, 0.6) is 0 Å². The van der Waals surface area contributed by atoms with Crippen LogP contribution in [0.4, 0.5) is 0 Å². The number of rotatable bonds is 2. The van der Waals surface area contributed by atoms with Gasteiger partial charge in [0.1, 0.15) is 11.2 Å². The lowest BCUT2D eigenvalue weighted by Gasteiger charge is -2.19. The minimum absolute atomic E-state index is 0.0720. The van der Waals surface area contributed by atoms with E-state index in [1.807, 2.05) is 0 Å². The van der Waals surface area contributed by atoms with Gasteiger partial charge in [0.15, 0.2) is 0 Å². The highest BCUT2D eigenvalue weighted by atomic mass is 16.3. The second-order valence-electron chi connectivity index (χ2n) is 13.5. The Hall–Kier alpha value is -4.30. The molecule has 2 heterocycles. The Morgan fingerprint density at radius 1 is 0.561 bits per heavy atom. The van der Waals surface area contributed by atoms with Gasteiger partial charge in [0.2, 0.25) is 0 Å². The Morgan fingerprint density at radius 2 is 1.15 bits per heavy atom. The summed E-state index contributed by atoms with van der Waals surface area (Å²) in [6.07, 6.45) is 0. The molecule has 0 radical (unpaired) electrons. The molecule has 2 nitrogen and oxygen atoms in total. The first-order valence-corrected chi connectivity index (χ1v) is 14.6. The lowest BCUT2D eigenvalue weighted by molar-refractivity contribution is 0.590. The van der Waals surface area contributed by atoms with E-state index >= 15 is 0 Å². The molecule has 0 saturated carbocycles. The van der Waals surface area contributed by atoms with E-state index in [0.29, 0.717) is 0 Å². The average molecular weight is 536 g/mol. The van der Waals surface area contributed by atoms with Crippen molar-refractivity contribution in [3.05, 3.63) is 114 Å². The van der Waals surface area contributed by atoms with Gasteiger partial charge in [-0.25, -0.2) is 0 Å². The van der Waals surface area contributed by atoms with Crippen LogP contribution in [0.15, 0.2) is 101 Å². The standard InChI is InChI=1S/C39H37NO/c1-24-31(20-21-35-36(24)37-28(14-11-15-34(37)41-35)25-12-9-8-10-13-25)40-32-18-16-26(38(2,3)4)22-29(32)30-23-27(39(5,6)7)17-19-33(30)40/h8-23H,1-7H3. The minimum Gasteiger partial charge on any atom is -0.456 e. The number of aromatic nitrogens is 1. The fourth-order valence-corrected chi connectivity index (χ4v) is 6.38. The van der Waals surface area contributed by atoms with Crippen molar-refractivity contribution in [2.24, 2.45) is 0 Å². The van der Waals surface area contributed by atoms with E-state index in [1.165, 1.54) is 66.1 Å². The lowest BCUT2D eigenvalue weighted by Crippen LogP contribution is -2.10. The molecule has 0 atom stereocenters. The maximum atomic E-state index is 6.44. The molecule has 204 valence electrons. The number of benzene rings is 5. The zero-order valence-electron chi connectivity index (χ0n) is 25.1. The van der Waals surface area contributed by atoms with E-state index < -0.39 is 0 Å². The minimum atomic E-state index is 0.0720. The second kappa shape index (κ2) is 8.85. The topological polar surface area (TPSA) is 18.1 Å². The van der Waals surface area contributed by atoms with Crippen LogP contribution in [0.3, 0.4) is 0 Å². The van der Waals surface area contributed by atoms with Gasteiger partial charge in [0, 0.05) is 27.2 Å². The largest absolute Gasteiger partial charge is 0.456 e. The fraction of sp³-hybridized carbons (Fsp3) is 0.231. The molecule has 0 aliphatic heterocycles. The summed E-state index contributed by atoms with van der Waals surface area (Å²) < 4.78 is 8.90. The molecule has 2 heteroatoms. The van der Waals surface area contributed by atoms with Gasteiger partial charge in [-0.3, -0.25) is 0 Å². The van der Waals surface area contributed by atoms with Crippen molar-refractivity contribution in [2.45, 2.75) is 59.3 Å². The van der Waals surface area contributed by atoms with E-state index in [4.69, 9.17) is 4.42 Å². The number of hydrogen-bond acceptors (Lipinski definition) is 1. The van der Waals surface area contributed by atoms with Gasteiger partial charge >= 0.3 is 0 Å². The van der Waals surface area contributed by atoms with Crippen LogP contribution >= 0.6 is 0 Å². The van der Waals surface area contributed by atoms with Gasteiger partial charge in [-0.1, -0.05) is 96.1 Å². The van der Waals surface area contributed by atoms with Crippen LogP contribution < -0.4 is 0 Å². The summed E-state index contributed by atoms with van der Waals surface area (Å²) in [5.41, 5.74) is 12.0. The Bertz CT molecular complexity index is 2040. The number of fused-ring (bicyclic) bond motifs is 6. The molecule has 0 aliphatic carbocycles. The SMILES string of the molecule is Cc1c(-n2c3ccc(C(C)(C)C)cc3c3cc(C(C)(C)C)ccc32)ccc2oc3cccc(-c4ccccc4)c3c12. The quantitative estimate of drug-likeness (QED) is 0.215. The van der Waals surface area contributed by atoms with Crippen LogP contribution in [0.2, 0.25) is 0 Å². The van der Waals surface area contributed by atoms with Gasteiger partial charge in [-0.15, -0.1) is 0 Å². The summed E-state index contributed by atoms with van der Waals surface area (Å²) in [5, 5.41) is 4.98. The van der Waals surface area contributed by atoms with Gasteiger partial charge in [0.05, 0.1) is 11.0 Å². The molecule has 0 bridgehead atoms. The molecule has 0 unspecified atom stereocenters. The predicted molar refractivity (Wildman–Crippen MR) is 176 cm³/mol. The van der Waals surface area contributed by atoms with Gasteiger partial charge in [-0.05, 0) is 88.0 Å². The molecule has 41 heavy (non-hydrogen) atoms. The Balaban J connectivity index is 1.58. The molecule has 5 aromatic carbocycles. The zero-order valence-corrected chi connectivity index (χ0v) is 25.1. The molecular weight excluding hydrogens is 498 g/mol. The van der Waals surface area contributed by atoms with Crippen molar-refractivity contribution in [2.75, 3.05) is 0 Å². The summed E-state index contributed by atoms with van der Waals surface area (Å²) in [5.74, 6) is 0. The molecule has 7 aromatic rings. The molecule has 0 N–H and O–H groups in total. The Kier molecular flexibility index (Phi) is 5.54. The predicted octanol–water partition coefficient (Wildman–Crippen LogP) is 11.3. The monoisotopic (exact) mass is 535 g/mol. The molecule has 0 saturated heterocycles. The maximum Gasteiger partial charge on any atom is 0.136 e. The first kappa shape index (κ1) is 25.7. The third-order valence-electron chi connectivity index (χ3n) is 8.72. The average Bonchev–Trinajstić information content (AvgIpc) is 3.48. The summed E-state index contributed by atoms with van der Waals surface area (Å²) >= 11 is 0. The summed E-state index contributed by atoms with van der Waals surface area (Å²) in [6, 6.07) is 35.5. The highest BCUT2D eigenvalue weighted by Gasteiger charge is 2.23. The number of aryl methyl sites for hydroxylation is 1. The van der Waals surface area contributed by atoms with Crippen molar-refractivity contribution < 1.29 is 4.42 Å². The van der Waals surface area contributed by atoms with Crippen LogP contribution in [0, 0.1) is 6.92 Å². The fourth-order valence-electron chi connectivity index (χ4n) is 6.38. The van der Waals surface area contributed by atoms with Crippen molar-refractivity contribution in [3.63, 3.8) is 0 Å². The molecule has 0 spiro atoms. The zero-order chi connectivity index (χ0) is 28.7. The molecule has 2 aromatic heterocycles.